The third-order valence-corrected chi connectivity index (χ3v) is 4.22. The second-order valence-corrected chi connectivity index (χ2v) is 5.89. The fourth-order valence-corrected chi connectivity index (χ4v) is 2.77. The highest BCUT2D eigenvalue weighted by atomic mass is 19.1. The lowest BCUT2D eigenvalue weighted by molar-refractivity contribution is -0.117. The molecule has 0 aliphatic carbocycles. The van der Waals surface area contributed by atoms with Crippen LogP contribution in [0.5, 0.6) is 0 Å². The third kappa shape index (κ3) is 4.48. The van der Waals surface area contributed by atoms with Crippen LogP contribution in [0.4, 0.5) is 14.5 Å². The lowest BCUT2D eigenvalue weighted by atomic mass is 9.92. The quantitative estimate of drug-likeness (QED) is 0.878. The van der Waals surface area contributed by atoms with Crippen molar-refractivity contribution >= 4 is 11.6 Å². The average Bonchev–Trinajstić information content (AvgIpc) is 2.50. The molecule has 2 rings (SSSR count). The summed E-state index contributed by atoms with van der Waals surface area (Å²) >= 11 is 0. The third-order valence-electron chi connectivity index (χ3n) is 4.22. The van der Waals surface area contributed by atoms with Crippen molar-refractivity contribution < 1.29 is 18.7 Å². The van der Waals surface area contributed by atoms with Crippen LogP contribution >= 0.6 is 0 Å². The summed E-state index contributed by atoms with van der Waals surface area (Å²) < 4.78 is 26.3. The zero-order chi connectivity index (χ0) is 16.1. The van der Waals surface area contributed by atoms with Gasteiger partial charge >= 0.3 is 0 Å². The fraction of sp³-hybridized carbons (Fsp3) is 0.562. The molecule has 1 unspecified atom stereocenters. The van der Waals surface area contributed by atoms with Crippen molar-refractivity contribution in [3.05, 3.63) is 29.8 Å². The van der Waals surface area contributed by atoms with Gasteiger partial charge in [-0.3, -0.25) is 9.69 Å². The fourth-order valence-electron chi connectivity index (χ4n) is 2.77. The van der Waals surface area contributed by atoms with Gasteiger partial charge in [0.05, 0.1) is 12.3 Å². The first-order valence-corrected chi connectivity index (χ1v) is 7.59. The number of aliphatic hydroxyl groups excluding tert-OH is 1. The van der Waals surface area contributed by atoms with Gasteiger partial charge in [0.25, 0.3) is 0 Å². The highest BCUT2D eigenvalue weighted by molar-refractivity contribution is 5.90. The lowest BCUT2D eigenvalue weighted by Gasteiger charge is -2.35. The number of anilines is 1. The Morgan fingerprint density at radius 2 is 2.09 bits per heavy atom. The van der Waals surface area contributed by atoms with Gasteiger partial charge in [-0.15, -0.1) is 0 Å². The molecule has 1 saturated heterocycles. The molecule has 0 saturated carbocycles. The molecule has 0 bridgehead atoms. The molecule has 0 aromatic heterocycles. The summed E-state index contributed by atoms with van der Waals surface area (Å²) in [5.74, 6) is -1.43. The van der Waals surface area contributed by atoms with Crippen LogP contribution in [0.25, 0.3) is 0 Å². The van der Waals surface area contributed by atoms with Crippen LogP contribution in [0.1, 0.15) is 26.2 Å². The number of likely N-dealkylation sites (tertiary alicyclic amines) is 1. The predicted molar refractivity (Wildman–Crippen MR) is 80.4 cm³/mol. The Labute approximate surface area is 129 Å². The van der Waals surface area contributed by atoms with Crippen molar-refractivity contribution in [3.8, 4) is 0 Å². The molecule has 22 heavy (non-hydrogen) atoms. The molecular formula is C16H22F2N2O2. The molecule has 1 aliphatic heterocycles. The monoisotopic (exact) mass is 312 g/mol. The molecule has 1 aromatic carbocycles. The van der Waals surface area contributed by atoms with Crippen LogP contribution in [0.2, 0.25) is 0 Å². The molecule has 0 radical (unpaired) electrons. The number of aliphatic hydroxyl groups is 1. The summed E-state index contributed by atoms with van der Waals surface area (Å²) in [6, 6.07) is 3.24. The molecular weight excluding hydrogens is 290 g/mol. The van der Waals surface area contributed by atoms with E-state index in [1.807, 2.05) is 6.92 Å². The standard InChI is InChI=1S/C16H22F2N2O2/c1-11(10-21)20-6-4-12(5-7-20)8-16(22)19-15-3-2-13(17)9-14(15)18/h2-3,9,11-12,21H,4-8,10H2,1H3,(H,19,22). The van der Waals surface area contributed by atoms with Crippen LogP contribution in [-0.4, -0.2) is 41.7 Å². The summed E-state index contributed by atoms with van der Waals surface area (Å²) in [5, 5.41) is 11.6. The minimum Gasteiger partial charge on any atom is -0.395 e. The van der Waals surface area contributed by atoms with Gasteiger partial charge in [-0.05, 0) is 50.9 Å². The van der Waals surface area contributed by atoms with Crippen LogP contribution in [-0.2, 0) is 4.79 Å². The molecule has 4 nitrogen and oxygen atoms in total. The number of nitrogens with one attached hydrogen (secondary N) is 1. The van der Waals surface area contributed by atoms with E-state index in [4.69, 9.17) is 5.11 Å². The van der Waals surface area contributed by atoms with Crippen molar-refractivity contribution in [3.63, 3.8) is 0 Å². The highest BCUT2D eigenvalue weighted by Gasteiger charge is 2.24. The molecule has 6 heteroatoms. The lowest BCUT2D eigenvalue weighted by Crippen LogP contribution is -2.42. The Balaban J connectivity index is 1.81. The molecule has 1 aliphatic rings. The Hall–Kier alpha value is -1.53. The first-order chi connectivity index (χ1) is 10.5. The molecule has 122 valence electrons. The van der Waals surface area contributed by atoms with Gasteiger partial charge in [0, 0.05) is 18.5 Å². The van der Waals surface area contributed by atoms with Gasteiger partial charge < -0.3 is 10.4 Å². The maximum absolute atomic E-state index is 13.5. The van der Waals surface area contributed by atoms with E-state index in [0.717, 1.165) is 38.1 Å². The summed E-state index contributed by atoms with van der Waals surface area (Å²) in [7, 11) is 0. The number of nitrogens with zero attached hydrogens (tertiary/aromatic N) is 1. The summed E-state index contributed by atoms with van der Waals surface area (Å²) in [6.45, 7) is 3.81. The number of carbonyl (C=O) groups is 1. The summed E-state index contributed by atoms with van der Waals surface area (Å²) in [5.41, 5.74) is 0.0118. The number of halogens is 2. The van der Waals surface area contributed by atoms with E-state index in [-0.39, 0.29) is 30.2 Å². The Kier molecular flexibility index (Phi) is 5.85. The van der Waals surface area contributed by atoms with E-state index in [1.165, 1.54) is 6.07 Å². The van der Waals surface area contributed by atoms with Crippen LogP contribution in [0.15, 0.2) is 18.2 Å². The van der Waals surface area contributed by atoms with Gasteiger partial charge in [-0.25, -0.2) is 8.78 Å². The van der Waals surface area contributed by atoms with E-state index in [0.29, 0.717) is 6.42 Å². The van der Waals surface area contributed by atoms with Crippen LogP contribution in [0.3, 0.4) is 0 Å². The minimum atomic E-state index is -0.764. The van der Waals surface area contributed by atoms with Gasteiger partial charge in [-0.2, -0.15) is 0 Å². The summed E-state index contributed by atoms with van der Waals surface area (Å²) in [4.78, 5) is 14.2. The van der Waals surface area contributed by atoms with Gasteiger partial charge in [0.1, 0.15) is 11.6 Å². The molecule has 1 heterocycles. The van der Waals surface area contributed by atoms with Crippen molar-refractivity contribution in [2.45, 2.75) is 32.2 Å². The molecule has 2 N–H and O–H groups in total. The zero-order valence-corrected chi connectivity index (χ0v) is 12.7. The van der Waals surface area contributed by atoms with E-state index < -0.39 is 11.6 Å². The first kappa shape index (κ1) is 16.8. The number of benzene rings is 1. The Morgan fingerprint density at radius 1 is 1.41 bits per heavy atom. The first-order valence-electron chi connectivity index (χ1n) is 7.59. The summed E-state index contributed by atoms with van der Waals surface area (Å²) in [6.07, 6.45) is 2.09. The average molecular weight is 312 g/mol. The normalized spacial score (nSPS) is 18.2. The number of rotatable bonds is 5. The maximum Gasteiger partial charge on any atom is 0.224 e. The SMILES string of the molecule is CC(CO)N1CCC(CC(=O)Nc2ccc(F)cc2F)CC1. The Morgan fingerprint density at radius 3 is 2.68 bits per heavy atom. The van der Waals surface area contributed by atoms with E-state index >= 15 is 0 Å². The molecule has 1 atom stereocenters. The molecule has 0 spiro atoms. The number of hydrogen-bond donors (Lipinski definition) is 2. The number of amides is 1. The van der Waals surface area contributed by atoms with Crippen molar-refractivity contribution in [1.82, 2.24) is 4.90 Å². The zero-order valence-electron chi connectivity index (χ0n) is 12.7. The molecule has 1 aromatic rings. The number of carbonyl (C=O) groups excluding carboxylic acids is 1. The molecule has 1 fully saturated rings. The number of piperidine rings is 1. The van der Waals surface area contributed by atoms with Crippen molar-refractivity contribution in [2.24, 2.45) is 5.92 Å². The topological polar surface area (TPSA) is 52.6 Å². The van der Waals surface area contributed by atoms with E-state index in [9.17, 15) is 13.6 Å². The van der Waals surface area contributed by atoms with E-state index in [1.54, 1.807) is 0 Å². The van der Waals surface area contributed by atoms with Gasteiger partial charge in [-0.1, -0.05) is 0 Å². The van der Waals surface area contributed by atoms with Crippen molar-refractivity contribution in [2.75, 3.05) is 25.0 Å². The Bertz CT molecular complexity index is 517. The minimum absolute atomic E-state index is 0.0118. The maximum atomic E-state index is 13.5. The number of hydrogen-bond acceptors (Lipinski definition) is 3. The van der Waals surface area contributed by atoms with Crippen LogP contribution in [0, 0.1) is 17.6 Å². The van der Waals surface area contributed by atoms with Crippen molar-refractivity contribution in [1.29, 1.82) is 0 Å². The van der Waals surface area contributed by atoms with Crippen LogP contribution < -0.4 is 5.32 Å². The van der Waals surface area contributed by atoms with Gasteiger partial charge in [0.15, 0.2) is 0 Å². The smallest absolute Gasteiger partial charge is 0.224 e. The van der Waals surface area contributed by atoms with E-state index in [2.05, 4.69) is 10.2 Å². The van der Waals surface area contributed by atoms with Gasteiger partial charge in [0.2, 0.25) is 5.91 Å². The largest absolute Gasteiger partial charge is 0.395 e. The predicted octanol–water partition coefficient (Wildman–Crippen LogP) is 2.39. The molecule has 1 amide bonds. The second-order valence-electron chi connectivity index (χ2n) is 5.89. The highest BCUT2D eigenvalue weighted by Crippen LogP contribution is 2.23. The second kappa shape index (κ2) is 7.65.